The minimum Gasteiger partial charge on any atom is -0.389 e. The number of aliphatic hydroxyl groups is 3. The monoisotopic (exact) mass is 319 g/mol. The zero-order chi connectivity index (χ0) is 16.8. The molecule has 2 fully saturated rings. The average Bonchev–Trinajstić information content (AvgIpc) is 2.54. The lowest BCUT2D eigenvalue weighted by molar-refractivity contribution is -0.391. The maximum Gasteiger partial charge on any atom is 0.247 e. The molecule has 5 unspecified atom stereocenters. The molecule has 124 valence electrons. The lowest BCUT2D eigenvalue weighted by Gasteiger charge is -2.49. The van der Waals surface area contributed by atoms with Crippen LogP contribution < -0.4 is 17.2 Å². The van der Waals surface area contributed by atoms with Crippen molar-refractivity contribution in [2.45, 2.75) is 42.7 Å². The third kappa shape index (κ3) is 2.32. The van der Waals surface area contributed by atoms with Crippen LogP contribution in [0.5, 0.6) is 0 Å². The summed E-state index contributed by atoms with van der Waals surface area (Å²) in [6.07, 6.45) is -8.40. The van der Waals surface area contributed by atoms with Gasteiger partial charge >= 0.3 is 0 Å². The van der Waals surface area contributed by atoms with E-state index < -0.39 is 66.4 Å². The van der Waals surface area contributed by atoms with Crippen LogP contribution in [-0.2, 0) is 23.9 Å². The molecule has 1 aliphatic heterocycles. The minimum absolute atomic E-state index is 0.562. The Morgan fingerprint density at radius 3 is 2.27 bits per heavy atom. The van der Waals surface area contributed by atoms with Crippen molar-refractivity contribution in [3.05, 3.63) is 0 Å². The van der Waals surface area contributed by atoms with E-state index in [4.69, 9.17) is 26.7 Å². The molecule has 2 aliphatic rings. The number of aliphatic hydroxyl groups excluding tert-OH is 2. The van der Waals surface area contributed by atoms with Gasteiger partial charge in [-0.05, 0) is 0 Å². The van der Waals surface area contributed by atoms with Crippen LogP contribution in [0, 0.1) is 5.92 Å². The van der Waals surface area contributed by atoms with Gasteiger partial charge in [-0.1, -0.05) is 0 Å². The van der Waals surface area contributed by atoms with Crippen LogP contribution in [0.2, 0.25) is 0 Å². The fraction of sp³-hybridized carbons (Fsp3) is 0.727. The number of nitrogens with two attached hydrogens (primary N) is 3. The van der Waals surface area contributed by atoms with E-state index in [2.05, 4.69) is 0 Å². The van der Waals surface area contributed by atoms with Gasteiger partial charge in [0.05, 0.1) is 18.4 Å². The highest BCUT2D eigenvalue weighted by Gasteiger charge is 2.73. The van der Waals surface area contributed by atoms with Crippen molar-refractivity contribution in [2.75, 3.05) is 0 Å². The number of hydrogen-bond acceptors (Lipinski definition) is 8. The normalized spacial score (nSPS) is 41.3. The summed E-state index contributed by atoms with van der Waals surface area (Å²) in [7, 11) is 0. The van der Waals surface area contributed by atoms with E-state index in [1.165, 1.54) is 0 Å². The van der Waals surface area contributed by atoms with E-state index in [9.17, 15) is 29.7 Å². The largest absolute Gasteiger partial charge is 0.389 e. The van der Waals surface area contributed by atoms with Crippen molar-refractivity contribution in [2.24, 2.45) is 23.1 Å². The van der Waals surface area contributed by atoms with E-state index in [0.717, 1.165) is 0 Å². The number of rotatable bonds is 6. The molecule has 11 heteroatoms. The first-order chi connectivity index (χ1) is 10.1. The number of fused-ring (bicyclic) bond motifs is 1. The number of primary amides is 3. The third-order valence-corrected chi connectivity index (χ3v) is 3.92. The van der Waals surface area contributed by atoms with Crippen molar-refractivity contribution >= 4 is 17.7 Å². The minimum atomic E-state index is -2.16. The highest BCUT2D eigenvalue weighted by atomic mass is 16.7. The Bertz CT molecular complexity index is 514. The van der Waals surface area contributed by atoms with E-state index in [-0.39, 0.29) is 0 Å². The molecule has 2 rings (SSSR count). The fourth-order valence-corrected chi connectivity index (χ4v) is 2.75. The molecule has 1 saturated heterocycles. The first-order valence-electron chi connectivity index (χ1n) is 6.37. The van der Waals surface area contributed by atoms with Crippen LogP contribution in [-0.4, -0.2) is 69.3 Å². The molecule has 1 heterocycles. The second-order valence-electron chi connectivity index (χ2n) is 5.34. The number of hydrogen-bond donors (Lipinski definition) is 6. The summed E-state index contributed by atoms with van der Waals surface area (Å²) in [5.41, 5.74) is 12.9. The Kier molecular flexibility index (Phi) is 4.10. The van der Waals surface area contributed by atoms with E-state index >= 15 is 0 Å². The quantitative estimate of drug-likeness (QED) is 0.278. The predicted octanol–water partition coefficient (Wildman–Crippen LogP) is -4.97. The van der Waals surface area contributed by atoms with Crippen molar-refractivity contribution in [1.82, 2.24) is 0 Å². The molecule has 7 atom stereocenters. The lowest BCUT2D eigenvalue weighted by atomic mass is 9.88. The lowest BCUT2D eigenvalue weighted by Crippen LogP contribution is -2.71. The molecule has 3 amide bonds. The van der Waals surface area contributed by atoms with Crippen LogP contribution >= 0.6 is 0 Å². The fourth-order valence-electron chi connectivity index (χ4n) is 2.75. The SMILES string of the molecule is NC(=O)CC(O[C@H]1OC2C(C(N)=O)[C@@H](O)C(O)C21O)C(N)=O. The molecule has 0 radical (unpaired) electrons. The highest BCUT2D eigenvalue weighted by Crippen LogP contribution is 2.49. The summed E-state index contributed by atoms with van der Waals surface area (Å²) in [6, 6.07) is 0. The van der Waals surface area contributed by atoms with E-state index in [0.29, 0.717) is 0 Å². The first-order valence-corrected chi connectivity index (χ1v) is 6.37. The second-order valence-corrected chi connectivity index (χ2v) is 5.34. The predicted molar refractivity (Wildman–Crippen MR) is 66.2 cm³/mol. The molecule has 22 heavy (non-hydrogen) atoms. The summed E-state index contributed by atoms with van der Waals surface area (Å²) < 4.78 is 10.1. The standard InChI is InChI=1S/C11H17N3O8/c12-3(15)1-2(8(13)18)21-10-11(20)6(17)5(16)4(9(14)19)7(11)22-10/h2,4-7,10,16-17,20H,1H2,(H2,12,15)(H2,13,18)(H2,14,19)/t2?,4?,5-,6?,7?,10+,11?/m1/s1. The third-order valence-electron chi connectivity index (χ3n) is 3.92. The summed E-state index contributed by atoms with van der Waals surface area (Å²) in [6.45, 7) is 0. The van der Waals surface area contributed by atoms with Gasteiger partial charge in [0.1, 0.15) is 18.3 Å². The zero-order valence-corrected chi connectivity index (χ0v) is 11.3. The smallest absolute Gasteiger partial charge is 0.247 e. The van der Waals surface area contributed by atoms with Gasteiger partial charge in [-0.25, -0.2) is 0 Å². The zero-order valence-electron chi connectivity index (χ0n) is 11.3. The van der Waals surface area contributed by atoms with Gasteiger partial charge in [-0.2, -0.15) is 0 Å². The summed E-state index contributed by atoms with van der Waals surface area (Å²) >= 11 is 0. The van der Waals surface area contributed by atoms with Crippen LogP contribution in [0.15, 0.2) is 0 Å². The van der Waals surface area contributed by atoms with E-state index in [1.807, 2.05) is 0 Å². The van der Waals surface area contributed by atoms with Crippen molar-refractivity contribution < 1.29 is 39.2 Å². The molecule has 9 N–H and O–H groups in total. The summed E-state index contributed by atoms with van der Waals surface area (Å²) in [4.78, 5) is 33.3. The molecule has 0 spiro atoms. The second kappa shape index (κ2) is 5.44. The van der Waals surface area contributed by atoms with Crippen LogP contribution in [0.25, 0.3) is 0 Å². The molecule has 11 nitrogen and oxygen atoms in total. The Balaban J connectivity index is 2.15. The highest BCUT2D eigenvalue weighted by molar-refractivity contribution is 5.85. The molecule has 0 aromatic rings. The van der Waals surface area contributed by atoms with Crippen LogP contribution in [0.1, 0.15) is 6.42 Å². The summed E-state index contributed by atoms with van der Waals surface area (Å²) in [5.74, 6) is -4.24. The first kappa shape index (κ1) is 16.6. The molecule has 0 aromatic heterocycles. The summed E-state index contributed by atoms with van der Waals surface area (Å²) in [5, 5.41) is 30.1. The Morgan fingerprint density at radius 1 is 1.23 bits per heavy atom. The van der Waals surface area contributed by atoms with Gasteiger partial charge in [-0.3, -0.25) is 14.4 Å². The van der Waals surface area contributed by atoms with Gasteiger partial charge in [-0.15, -0.1) is 0 Å². The Hall–Kier alpha value is -1.79. The molecule has 0 aromatic carbocycles. The number of amides is 3. The van der Waals surface area contributed by atoms with Gasteiger partial charge in [0, 0.05) is 0 Å². The van der Waals surface area contributed by atoms with Gasteiger partial charge in [0.25, 0.3) is 0 Å². The maximum atomic E-state index is 11.3. The van der Waals surface area contributed by atoms with Crippen LogP contribution in [0.4, 0.5) is 0 Å². The van der Waals surface area contributed by atoms with Gasteiger partial charge in [0.15, 0.2) is 11.9 Å². The number of carbonyl (C=O) groups excluding carboxylic acids is 3. The Labute approximate surface area is 123 Å². The molecule has 1 saturated carbocycles. The molecule has 1 aliphatic carbocycles. The molecular weight excluding hydrogens is 302 g/mol. The molecule has 0 bridgehead atoms. The van der Waals surface area contributed by atoms with Crippen LogP contribution in [0.3, 0.4) is 0 Å². The van der Waals surface area contributed by atoms with Gasteiger partial charge < -0.3 is 42.0 Å². The average molecular weight is 319 g/mol. The maximum absolute atomic E-state index is 11.3. The number of carbonyl (C=O) groups is 3. The van der Waals surface area contributed by atoms with Gasteiger partial charge in [0.2, 0.25) is 17.7 Å². The van der Waals surface area contributed by atoms with Crippen molar-refractivity contribution in [3.8, 4) is 0 Å². The topological polar surface area (TPSA) is 208 Å². The number of ether oxygens (including phenoxy) is 2. The van der Waals surface area contributed by atoms with Crippen molar-refractivity contribution in [3.63, 3.8) is 0 Å². The van der Waals surface area contributed by atoms with E-state index in [1.54, 1.807) is 0 Å². The van der Waals surface area contributed by atoms with Crippen molar-refractivity contribution in [1.29, 1.82) is 0 Å². The molecular formula is C11H17N3O8. The Morgan fingerprint density at radius 2 is 1.82 bits per heavy atom.